The fourth-order valence-electron chi connectivity index (χ4n) is 2.50. The van der Waals surface area contributed by atoms with Gasteiger partial charge in [-0.25, -0.2) is 0 Å². The molecular weight excluding hydrogens is 244 g/mol. The maximum Gasteiger partial charge on any atom is 0.0580 e. The molecule has 1 aromatic carbocycles. The SMILES string of the molecule is CCCNC(c1cccc(CC)c1)c1ccncc1C. The molecule has 0 amide bonds. The van der Waals surface area contributed by atoms with Crippen molar-refractivity contribution in [3.05, 3.63) is 65.0 Å². The molecule has 1 N–H and O–H groups in total. The lowest BCUT2D eigenvalue weighted by atomic mass is 9.94. The summed E-state index contributed by atoms with van der Waals surface area (Å²) in [6.45, 7) is 7.55. The standard InChI is InChI=1S/C18H24N2/c1-4-10-20-18(17-9-11-19-13-14(17)3)16-8-6-7-15(5-2)12-16/h6-9,11-13,18,20H,4-5,10H2,1-3H3. The minimum absolute atomic E-state index is 0.254. The van der Waals surface area contributed by atoms with Crippen LogP contribution in [0.25, 0.3) is 0 Å². The van der Waals surface area contributed by atoms with E-state index in [1.807, 2.05) is 12.4 Å². The molecule has 0 bridgehead atoms. The van der Waals surface area contributed by atoms with Gasteiger partial charge in [-0.05, 0) is 54.6 Å². The number of aromatic nitrogens is 1. The number of nitrogens with one attached hydrogen (secondary N) is 1. The van der Waals surface area contributed by atoms with Crippen molar-refractivity contribution >= 4 is 0 Å². The summed E-state index contributed by atoms with van der Waals surface area (Å²) in [5.74, 6) is 0. The van der Waals surface area contributed by atoms with E-state index in [9.17, 15) is 0 Å². The summed E-state index contributed by atoms with van der Waals surface area (Å²) in [5, 5.41) is 3.67. The topological polar surface area (TPSA) is 24.9 Å². The van der Waals surface area contributed by atoms with Gasteiger partial charge in [-0.2, -0.15) is 0 Å². The molecular formula is C18H24N2. The first kappa shape index (κ1) is 14.7. The highest BCUT2D eigenvalue weighted by molar-refractivity contribution is 5.37. The molecule has 2 nitrogen and oxygen atoms in total. The minimum atomic E-state index is 0.254. The van der Waals surface area contributed by atoms with Crippen LogP contribution in [0, 0.1) is 6.92 Å². The number of hydrogen-bond donors (Lipinski definition) is 1. The van der Waals surface area contributed by atoms with Crippen LogP contribution in [0.1, 0.15) is 48.6 Å². The van der Waals surface area contributed by atoms with Crippen LogP contribution in [0.3, 0.4) is 0 Å². The predicted octanol–water partition coefficient (Wildman–Crippen LogP) is 4.04. The van der Waals surface area contributed by atoms with Crippen LogP contribution < -0.4 is 5.32 Å². The fourth-order valence-corrected chi connectivity index (χ4v) is 2.50. The van der Waals surface area contributed by atoms with Gasteiger partial charge in [-0.1, -0.05) is 38.1 Å². The summed E-state index contributed by atoms with van der Waals surface area (Å²) >= 11 is 0. The second-order valence-electron chi connectivity index (χ2n) is 5.22. The molecule has 1 atom stereocenters. The van der Waals surface area contributed by atoms with Crippen molar-refractivity contribution in [1.82, 2.24) is 10.3 Å². The Hall–Kier alpha value is -1.67. The van der Waals surface area contributed by atoms with Gasteiger partial charge in [-0.15, -0.1) is 0 Å². The Labute approximate surface area is 122 Å². The third-order valence-electron chi connectivity index (χ3n) is 3.67. The van der Waals surface area contributed by atoms with Crippen molar-refractivity contribution in [3.8, 4) is 0 Å². The first-order chi connectivity index (χ1) is 9.76. The van der Waals surface area contributed by atoms with Crippen molar-refractivity contribution in [3.63, 3.8) is 0 Å². The van der Waals surface area contributed by atoms with Crippen molar-refractivity contribution < 1.29 is 0 Å². The zero-order valence-corrected chi connectivity index (χ0v) is 12.7. The maximum atomic E-state index is 4.21. The van der Waals surface area contributed by atoms with Gasteiger partial charge in [0.25, 0.3) is 0 Å². The molecule has 0 fully saturated rings. The number of aryl methyl sites for hydroxylation is 2. The second-order valence-corrected chi connectivity index (χ2v) is 5.22. The molecule has 2 rings (SSSR count). The molecule has 0 aliphatic carbocycles. The Morgan fingerprint density at radius 2 is 2.05 bits per heavy atom. The fraction of sp³-hybridized carbons (Fsp3) is 0.389. The second kappa shape index (κ2) is 7.20. The zero-order chi connectivity index (χ0) is 14.4. The lowest BCUT2D eigenvalue weighted by Crippen LogP contribution is -2.24. The van der Waals surface area contributed by atoms with Crippen LogP contribution >= 0.6 is 0 Å². The van der Waals surface area contributed by atoms with E-state index in [1.165, 1.54) is 22.3 Å². The molecule has 0 spiro atoms. The van der Waals surface area contributed by atoms with Gasteiger partial charge in [0, 0.05) is 12.4 Å². The molecule has 0 saturated heterocycles. The molecule has 1 unspecified atom stereocenters. The van der Waals surface area contributed by atoms with E-state index in [-0.39, 0.29) is 6.04 Å². The summed E-state index contributed by atoms with van der Waals surface area (Å²) in [6.07, 6.45) is 6.03. The normalized spacial score (nSPS) is 12.3. The number of hydrogen-bond acceptors (Lipinski definition) is 2. The van der Waals surface area contributed by atoms with Crippen molar-refractivity contribution in [2.24, 2.45) is 0 Å². The van der Waals surface area contributed by atoms with E-state index in [2.05, 4.69) is 61.4 Å². The van der Waals surface area contributed by atoms with E-state index in [1.54, 1.807) is 0 Å². The Morgan fingerprint density at radius 1 is 1.20 bits per heavy atom. The monoisotopic (exact) mass is 268 g/mol. The van der Waals surface area contributed by atoms with Crippen LogP contribution in [0.5, 0.6) is 0 Å². The Balaban J connectivity index is 2.38. The highest BCUT2D eigenvalue weighted by atomic mass is 14.9. The largest absolute Gasteiger partial charge is 0.306 e. The van der Waals surface area contributed by atoms with E-state index in [0.717, 1.165) is 19.4 Å². The molecule has 1 heterocycles. The van der Waals surface area contributed by atoms with Crippen LogP contribution in [-0.4, -0.2) is 11.5 Å². The maximum absolute atomic E-state index is 4.21. The Morgan fingerprint density at radius 3 is 2.75 bits per heavy atom. The molecule has 0 aliphatic heterocycles. The van der Waals surface area contributed by atoms with E-state index in [4.69, 9.17) is 0 Å². The van der Waals surface area contributed by atoms with Crippen LogP contribution in [0.2, 0.25) is 0 Å². The zero-order valence-electron chi connectivity index (χ0n) is 12.7. The van der Waals surface area contributed by atoms with Crippen molar-refractivity contribution in [1.29, 1.82) is 0 Å². The first-order valence-corrected chi connectivity index (χ1v) is 7.49. The van der Waals surface area contributed by atoms with Gasteiger partial charge in [0.1, 0.15) is 0 Å². The average molecular weight is 268 g/mol. The van der Waals surface area contributed by atoms with Gasteiger partial charge < -0.3 is 5.32 Å². The Kier molecular flexibility index (Phi) is 5.31. The highest BCUT2D eigenvalue weighted by Crippen LogP contribution is 2.25. The predicted molar refractivity (Wildman–Crippen MR) is 84.9 cm³/mol. The molecule has 0 radical (unpaired) electrons. The van der Waals surface area contributed by atoms with Gasteiger partial charge in [0.05, 0.1) is 6.04 Å². The Bertz CT molecular complexity index is 549. The quantitative estimate of drug-likeness (QED) is 0.855. The molecule has 2 aromatic rings. The summed E-state index contributed by atoms with van der Waals surface area (Å²) in [7, 11) is 0. The number of pyridine rings is 1. The van der Waals surface area contributed by atoms with E-state index in [0.29, 0.717) is 0 Å². The van der Waals surface area contributed by atoms with Crippen LogP contribution in [-0.2, 0) is 6.42 Å². The van der Waals surface area contributed by atoms with Crippen molar-refractivity contribution in [2.75, 3.05) is 6.54 Å². The molecule has 20 heavy (non-hydrogen) atoms. The number of nitrogens with zero attached hydrogens (tertiary/aromatic N) is 1. The highest BCUT2D eigenvalue weighted by Gasteiger charge is 2.15. The molecule has 1 aromatic heterocycles. The number of rotatable bonds is 6. The molecule has 0 saturated carbocycles. The van der Waals surface area contributed by atoms with E-state index < -0.39 is 0 Å². The third-order valence-corrected chi connectivity index (χ3v) is 3.67. The van der Waals surface area contributed by atoms with E-state index >= 15 is 0 Å². The molecule has 2 heteroatoms. The van der Waals surface area contributed by atoms with Crippen molar-refractivity contribution in [2.45, 2.75) is 39.7 Å². The first-order valence-electron chi connectivity index (χ1n) is 7.49. The summed E-state index contributed by atoms with van der Waals surface area (Å²) in [5.41, 5.74) is 5.29. The summed E-state index contributed by atoms with van der Waals surface area (Å²) in [6, 6.07) is 11.3. The minimum Gasteiger partial charge on any atom is -0.306 e. The summed E-state index contributed by atoms with van der Waals surface area (Å²) < 4.78 is 0. The van der Waals surface area contributed by atoms with Gasteiger partial charge in [-0.3, -0.25) is 4.98 Å². The molecule has 0 aliphatic rings. The lowest BCUT2D eigenvalue weighted by Gasteiger charge is -2.21. The third kappa shape index (κ3) is 3.45. The van der Waals surface area contributed by atoms with Gasteiger partial charge >= 0.3 is 0 Å². The van der Waals surface area contributed by atoms with Gasteiger partial charge in [0.2, 0.25) is 0 Å². The van der Waals surface area contributed by atoms with Crippen LogP contribution in [0.15, 0.2) is 42.7 Å². The molecule has 106 valence electrons. The van der Waals surface area contributed by atoms with Gasteiger partial charge in [0.15, 0.2) is 0 Å². The van der Waals surface area contributed by atoms with Crippen LogP contribution in [0.4, 0.5) is 0 Å². The smallest absolute Gasteiger partial charge is 0.0580 e. The number of benzene rings is 1. The summed E-state index contributed by atoms with van der Waals surface area (Å²) in [4.78, 5) is 4.21. The average Bonchev–Trinajstić information content (AvgIpc) is 2.49. The lowest BCUT2D eigenvalue weighted by molar-refractivity contribution is 0.595.